The van der Waals surface area contributed by atoms with E-state index in [4.69, 9.17) is 9.15 Å². The van der Waals surface area contributed by atoms with E-state index in [1.165, 1.54) is 0 Å². The van der Waals surface area contributed by atoms with E-state index in [9.17, 15) is 9.59 Å². The summed E-state index contributed by atoms with van der Waals surface area (Å²) in [5.74, 6) is 0.747. The van der Waals surface area contributed by atoms with Gasteiger partial charge in [0.1, 0.15) is 0 Å². The van der Waals surface area contributed by atoms with Gasteiger partial charge in [0.15, 0.2) is 0 Å². The number of hydrogen-bond acceptors (Lipinski definition) is 7. The zero-order valence-electron chi connectivity index (χ0n) is 15.3. The minimum absolute atomic E-state index is 0.0642. The van der Waals surface area contributed by atoms with Crippen LogP contribution in [0.2, 0.25) is 0 Å². The molecule has 1 N–H and O–H groups in total. The Labute approximate surface area is 157 Å². The highest BCUT2D eigenvalue weighted by Gasteiger charge is 2.24. The van der Waals surface area contributed by atoms with E-state index in [1.54, 1.807) is 30.3 Å². The highest BCUT2D eigenvalue weighted by molar-refractivity contribution is 5.76. The Morgan fingerprint density at radius 3 is 2.85 bits per heavy atom. The molecule has 3 heterocycles. The number of nitrogens with zero attached hydrogens (tertiary/aromatic N) is 4. The molecule has 0 radical (unpaired) electrons. The third-order valence-corrected chi connectivity index (χ3v) is 4.33. The van der Waals surface area contributed by atoms with Crippen molar-refractivity contribution in [1.82, 2.24) is 25.4 Å². The molecule has 1 aliphatic rings. The minimum atomic E-state index is -0.289. The zero-order valence-corrected chi connectivity index (χ0v) is 15.3. The third kappa shape index (κ3) is 5.25. The van der Waals surface area contributed by atoms with Crippen molar-refractivity contribution in [3.8, 4) is 11.5 Å². The molecule has 9 nitrogen and oxygen atoms in total. The molecule has 0 aromatic carbocycles. The van der Waals surface area contributed by atoms with Gasteiger partial charge < -0.3 is 19.4 Å². The van der Waals surface area contributed by atoms with Crippen molar-refractivity contribution in [1.29, 1.82) is 0 Å². The van der Waals surface area contributed by atoms with Crippen molar-refractivity contribution in [3.63, 3.8) is 0 Å². The molecule has 1 saturated heterocycles. The molecule has 0 spiro atoms. The first-order chi connectivity index (χ1) is 13.2. The molecule has 3 rings (SSSR count). The van der Waals surface area contributed by atoms with E-state index in [2.05, 4.69) is 20.5 Å². The number of hydrogen-bond donors (Lipinski definition) is 1. The number of carbonyl (C=O) groups excluding carboxylic acids is 2. The van der Waals surface area contributed by atoms with Crippen LogP contribution in [0.1, 0.15) is 32.1 Å². The molecule has 2 aromatic rings. The molecule has 0 bridgehead atoms. The fraction of sp³-hybridized carbons (Fsp3) is 0.500. The first-order valence-electron chi connectivity index (χ1n) is 9.09. The number of piperidine rings is 1. The number of aromatic nitrogens is 3. The van der Waals surface area contributed by atoms with Crippen molar-refractivity contribution >= 4 is 12.0 Å². The lowest BCUT2D eigenvalue weighted by Crippen LogP contribution is -2.46. The van der Waals surface area contributed by atoms with Gasteiger partial charge in [-0.3, -0.25) is 9.78 Å². The number of carbonyl (C=O) groups is 2. The number of nitrogens with one attached hydrogen (secondary N) is 1. The summed E-state index contributed by atoms with van der Waals surface area (Å²) in [4.78, 5) is 29.5. The second kappa shape index (κ2) is 9.11. The molecule has 0 atom stereocenters. The molecule has 9 heteroatoms. The van der Waals surface area contributed by atoms with E-state index < -0.39 is 0 Å². The Balaban J connectivity index is 1.41. The molecule has 27 heavy (non-hydrogen) atoms. The summed E-state index contributed by atoms with van der Waals surface area (Å²) in [5.41, 5.74) is 0.745. The SMILES string of the molecule is CCOC(=O)N1CCC(NC(=O)CCc2nnc(-c3cccnc3)o2)CC1. The molecule has 0 unspecified atom stereocenters. The van der Waals surface area contributed by atoms with Crippen LogP contribution in [0.5, 0.6) is 0 Å². The first kappa shape index (κ1) is 18.8. The average molecular weight is 373 g/mol. The van der Waals surface area contributed by atoms with Crippen LogP contribution in [0.15, 0.2) is 28.9 Å². The van der Waals surface area contributed by atoms with Crippen molar-refractivity contribution in [3.05, 3.63) is 30.4 Å². The normalized spacial score (nSPS) is 14.8. The summed E-state index contributed by atoms with van der Waals surface area (Å²) in [6, 6.07) is 3.69. The Hall–Kier alpha value is -2.97. The smallest absolute Gasteiger partial charge is 0.409 e. The van der Waals surface area contributed by atoms with Crippen LogP contribution >= 0.6 is 0 Å². The van der Waals surface area contributed by atoms with Gasteiger partial charge in [-0.15, -0.1) is 10.2 Å². The van der Waals surface area contributed by atoms with Gasteiger partial charge in [0.2, 0.25) is 17.7 Å². The Morgan fingerprint density at radius 1 is 1.33 bits per heavy atom. The van der Waals surface area contributed by atoms with E-state index in [1.807, 2.05) is 6.07 Å². The van der Waals surface area contributed by atoms with Gasteiger partial charge in [0.05, 0.1) is 12.2 Å². The monoisotopic (exact) mass is 373 g/mol. The fourth-order valence-corrected chi connectivity index (χ4v) is 2.90. The van der Waals surface area contributed by atoms with E-state index in [0.29, 0.717) is 37.9 Å². The minimum Gasteiger partial charge on any atom is -0.450 e. The third-order valence-electron chi connectivity index (χ3n) is 4.33. The van der Waals surface area contributed by atoms with Gasteiger partial charge in [-0.25, -0.2) is 4.79 Å². The number of likely N-dealkylation sites (tertiary alicyclic amines) is 1. The van der Waals surface area contributed by atoms with Crippen LogP contribution in [0.3, 0.4) is 0 Å². The van der Waals surface area contributed by atoms with Gasteiger partial charge in [-0.05, 0) is 31.9 Å². The maximum absolute atomic E-state index is 12.2. The summed E-state index contributed by atoms with van der Waals surface area (Å²) >= 11 is 0. The van der Waals surface area contributed by atoms with Crippen LogP contribution in [0.4, 0.5) is 4.79 Å². The summed E-state index contributed by atoms with van der Waals surface area (Å²) in [7, 11) is 0. The topological polar surface area (TPSA) is 110 Å². The number of rotatable bonds is 6. The molecule has 0 aliphatic carbocycles. The molecule has 2 amide bonds. The lowest BCUT2D eigenvalue weighted by atomic mass is 10.1. The average Bonchev–Trinajstić information content (AvgIpc) is 3.17. The van der Waals surface area contributed by atoms with Crippen LogP contribution < -0.4 is 5.32 Å². The highest BCUT2D eigenvalue weighted by atomic mass is 16.6. The first-order valence-corrected chi connectivity index (χ1v) is 9.09. The molecule has 2 aromatic heterocycles. The fourth-order valence-electron chi connectivity index (χ4n) is 2.90. The lowest BCUT2D eigenvalue weighted by molar-refractivity contribution is -0.122. The second-order valence-electron chi connectivity index (χ2n) is 6.27. The summed E-state index contributed by atoms with van der Waals surface area (Å²) in [6.45, 7) is 3.32. The van der Waals surface area contributed by atoms with Crippen LogP contribution in [0.25, 0.3) is 11.5 Å². The summed E-state index contributed by atoms with van der Waals surface area (Å²) < 4.78 is 10.6. The van der Waals surface area contributed by atoms with Gasteiger partial charge >= 0.3 is 6.09 Å². The Bertz CT molecular complexity index is 756. The van der Waals surface area contributed by atoms with Gasteiger partial charge in [-0.2, -0.15) is 0 Å². The summed E-state index contributed by atoms with van der Waals surface area (Å²) in [5, 5.41) is 11.0. The van der Waals surface area contributed by atoms with E-state index >= 15 is 0 Å². The quantitative estimate of drug-likeness (QED) is 0.822. The van der Waals surface area contributed by atoms with Crippen molar-refractivity contribution in [2.75, 3.05) is 19.7 Å². The highest BCUT2D eigenvalue weighted by Crippen LogP contribution is 2.17. The molecule has 144 valence electrons. The van der Waals surface area contributed by atoms with Gasteiger partial charge in [0, 0.05) is 44.4 Å². The number of aryl methyl sites for hydroxylation is 1. The number of amides is 2. The van der Waals surface area contributed by atoms with E-state index in [0.717, 1.165) is 18.4 Å². The predicted molar refractivity (Wildman–Crippen MR) is 95.6 cm³/mol. The van der Waals surface area contributed by atoms with Crippen molar-refractivity contribution in [2.45, 2.75) is 38.6 Å². The maximum atomic E-state index is 12.2. The van der Waals surface area contributed by atoms with Gasteiger partial charge in [0.25, 0.3) is 0 Å². The van der Waals surface area contributed by atoms with Crippen molar-refractivity contribution in [2.24, 2.45) is 0 Å². The molecule has 1 aliphatic heterocycles. The predicted octanol–water partition coefficient (Wildman–Crippen LogP) is 1.80. The Kier molecular flexibility index (Phi) is 6.35. The molecule has 0 saturated carbocycles. The van der Waals surface area contributed by atoms with E-state index in [-0.39, 0.29) is 24.5 Å². The maximum Gasteiger partial charge on any atom is 0.409 e. The summed E-state index contributed by atoms with van der Waals surface area (Å²) in [6.07, 6.45) is 5.11. The molecular formula is C18H23N5O4. The zero-order chi connectivity index (χ0) is 19.1. The van der Waals surface area contributed by atoms with Crippen LogP contribution in [-0.4, -0.2) is 57.8 Å². The van der Waals surface area contributed by atoms with Gasteiger partial charge in [-0.1, -0.05) is 0 Å². The molecule has 1 fully saturated rings. The Morgan fingerprint density at radius 2 is 2.15 bits per heavy atom. The number of pyridine rings is 1. The standard InChI is InChI=1S/C18H23N5O4/c1-2-26-18(25)23-10-7-14(8-11-23)20-15(24)5-6-16-21-22-17(27-16)13-4-3-9-19-12-13/h3-4,9,12,14H,2,5-8,10-11H2,1H3,(H,20,24). The number of ether oxygens (including phenoxy) is 1. The molecular weight excluding hydrogens is 350 g/mol. The van der Waals surface area contributed by atoms with Crippen molar-refractivity contribution < 1.29 is 18.7 Å². The van der Waals surface area contributed by atoms with Crippen LogP contribution in [0, 0.1) is 0 Å². The lowest BCUT2D eigenvalue weighted by Gasteiger charge is -2.31. The largest absolute Gasteiger partial charge is 0.450 e. The van der Waals surface area contributed by atoms with Crippen LogP contribution in [-0.2, 0) is 16.0 Å². The second-order valence-corrected chi connectivity index (χ2v) is 6.27.